The maximum Gasteiger partial charge on any atom is 0.461 e. The molecular formula is C23H31N3OS3Si. The molecule has 1 aliphatic carbocycles. The zero-order valence-corrected chi connectivity index (χ0v) is 21.9. The highest BCUT2D eigenvalue weighted by Crippen LogP contribution is 2.39. The molecule has 0 radical (unpaired) electrons. The second-order valence-corrected chi connectivity index (χ2v) is 11.4. The second-order valence-electron chi connectivity index (χ2n) is 8.16. The van der Waals surface area contributed by atoms with Crippen LogP contribution in [0.1, 0.15) is 88.2 Å². The summed E-state index contributed by atoms with van der Waals surface area (Å²) in [5.74, 6) is 2.16. The van der Waals surface area contributed by atoms with Crippen LogP contribution >= 0.6 is 36.7 Å². The Morgan fingerprint density at radius 2 is 1.71 bits per heavy atom. The van der Waals surface area contributed by atoms with Crippen molar-refractivity contribution in [2.24, 2.45) is 14.0 Å². The first kappa shape index (κ1) is 25.9. The Hall–Kier alpha value is -1.36. The van der Waals surface area contributed by atoms with Crippen molar-refractivity contribution >= 4 is 60.7 Å². The van der Waals surface area contributed by atoms with Crippen molar-refractivity contribution in [3.63, 3.8) is 0 Å². The smallest absolute Gasteiger partial charge is 0.461 e. The van der Waals surface area contributed by atoms with Gasteiger partial charge in [0.05, 0.1) is 22.1 Å². The van der Waals surface area contributed by atoms with Crippen molar-refractivity contribution in [1.82, 2.24) is 0 Å². The molecule has 1 aromatic carbocycles. The molecule has 0 amide bonds. The lowest BCUT2D eigenvalue weighted by atomic mass is 9.82. The topological polar surface area (TPSA) is 46.3 Å². The fourth-order valence-corrected chi connectivity index (χ4v) is 7.15. The molecule has 1 aromatic rings. The van der Waals surface area contributed by atoms with Gasteiger partial charge in [0.2, 0.25) is 0 Å². The van der Waals surface area contributed by atoms with Gasteiger partial charge in [0, 0.05) is 6.04 Å². The fourth-order valence-electron chi connectivity index (χ4n) is 4.29. The Balaban J connectivity index is 2.14. The van der Waals surface area contributed by atoms with E-state index in [2.05, 4.69) is 61.5 Å². The summed E-state index contributed by atoms with van der Waals surface area (Å²) in [7, 11) is -2.86. The predicted molar refractivity (Wildman–Crippen MR) is 141 cm³/mol. The summed E-state index contributed by atoms with van der Waals surface area (Å²) in [4.78, 5) is 0. The second kappa shape index (κ2) is 13.9. The van der Waals surface area contributed by atoms with E-state index in [0.29, 0.717) is 30.9 Å². The Morgan fingerprint density at radius 3 is 2.29 bits per heavy atom. The molecule has 166 valence electrons. The highest BCUT2D eigenvalue weighted by molar-refractivity contribution is 7.78. The maximum absolute atomic E-state index is 6.27. The maximum atomic E-state index is 6.27. The summed E-state index contributed by atoms with van der Waals surface area (Å²) in [5, 5.41) is 7.16. The van der Waals surface area contributed by atoms with Gasteiger partial charge in [-0.05, 0) is 91.4 Å². The monoisotopic (exact) mass is 489 g/mol. The van der Waals surface area contributed by atoms with Crippen molar-refractivity contribution in [3.05, 3.63) is 29.3 Å². The first-order chi connectivity index (χ1) is 15.1. The van der Waals surface area contributed by atoms with Gasteiger partial charge in [-0.1, -0.05) is 51.7 Å². The lowest BCUT2D eigenvalue weighted by Gasteiger charge is -2.26. The Bertz CT molecular complexity index is 823. The van der Waals surface area contributed by atoms with Crippen LogP contribution in [0.4, 0.5) is 0 Å². The Labute approximate surface area is 203 Å². The average molecular weight is 490 g/mol. The zero-order valence-electron chi connectivity index (χ0n) is 18.4. The minimum Gasteiger partial charge on any atom is -0.493 e. The van der Waals surface area contributed by atoms with Crippen molar-refractivity contribution in [1.29, 1.82) is 0 Å². The molecule has 0 saturated heterocycles. The van der Waals surface area contributed by atoms with E-state index in [1.807, 2.05) is 0 Å². The minimum absolute atomic E-state index is 0.547. The molecule has 1 atom stereocenters. The van der Waals surface area contributed by atoms with Crippen LogP contribution in [-0.2, 0) is 0 Å². The van der Waals surface area contributed by atoms with Crippen LogP contribution in [0, 0.1) is 0 Å². The van der Waals surface area contributed by atoms with Gasteiger partial charge < -0.3 is 4.74 Å². The first-order valence-corrected chi connectivity index (χ1v) is 14.4. The van der Waals surface area contributed by atoms with Gasteiger partial charge in [0.25, 0.3) is 0 Å². The van der Waals surface area contributed by atoms with E-state index < -0.39 is 8.56 Å². The van der Waals surface area contributed by atoms with Gasteiger partial charge in [-0.25, -0.2) is 14.0 Å². The van der Waals surface area contributed by atoms with Crippen LogP contribution in [0.3, 0.4) is 0 Å². The molecule has 0 heterocycles. The van der Waals surface area contributed by atoms with Crippen LogP contribution in [0.15, 0.2) is 32.2 Å². The van der Waals surface area contributed by atoms with Gasteiger partial charge >= 0.3 is 8.56 Å². The molecule has 0 bridgehead atoms. The molecule has 0 aliphatic heterocycles. The van der Waals surface area contributed by atoms with Crippen LogP contribution in [0.5, 0.6) is 5.75 Å². The molecule has 1 aliphatic rings. The lowest BCUT2D eigenvalue weighted by molar-refractivity contribution is 0.307. The third-order valence-corrected chi connectivity index (χ3v) is 9.15. The van der Waals surface area contributed by atoms with Gasteiger partial charge in [-0.3, -0.25) is 0 Å². The minimum atomic E-state index is -2.86. The van der Waals surface area contributed by atoms with E-state index in [1.165, 1.54) is 56.1 Å². The van der Waals surface area contributed by atoms with Crippen LogP contribution in [0.25, 0.3) is 0 Å². The zero-order chi connectivity index (χ0) is 22.5. The summed E-state index contributed by atoms with van der Waals surface area (Å²) in [5.41, 5.74) is 2.79. The summed E-state index contributed by atoms with van der Waals surface area (Å²) in [6, 6.07) is 7.36. The molecule has 1 saturated carbocycles. The summed E-state index contributed by atoms with van der Waals surface area (Å²) >= 11 is 14.3. The van der Waals surface area contributed by atoms with Gasteiger partial charge in [0.15, 0.2) is 0 Å². The number of isothiocyanates is 3. The Morgan fingerprint density at radius 1 is 1.06 bits per heavy atom. The fraction of sp³-hybridized carbons (Fsp3) is 0.609. The van der Waals surface area contributed by atoms with Gasteiger partial charge in [-0.15, -0.1) is 0 Å². The highest BCUT2D eigenvalue weighted by atomic mass is 32.1. The largest absolute Gasteiger partial charge is 0.493 e. The molecule has 1 fully saturated rings. The summed E-state index contributed by atoms with van der Waals surface area (Å²) in [6.07, 6.45) is 9.54. The average Bonchev–Trinajstić information content (AvgIpc) is 2.78. The van der Waals surface area contributed by atoms with Crippen LogP contribution in [0.2, 0.25) is 6.04 Å². The van der Waals surface area contributed by atoms with E-state index in [0.717, 1.165) is 5.75 Å². The summed E-state index contributed by atoms with van der Waals surface area (Å²) < 4.78 is 18.8. The van der Waals surface area contributed by atoms with E-state index in [1.54, 1.807) is 0 Å². The number of rotatable bonds is 12. The molecule has 8 heteroatoms. The first-order valence-electron chi connectivity index (χ1n) is 11.1. The normalized spacial score (nSPS) is 16.7. The molecule has 31 heavy (non-hydrogen) atoms. The number of hydrogen-bond donors (Lipinski definition) is 0. The number of thiocarbonyl (C=S) groups is 3. The molecule has 0 aromatic heterocycles. The SMILES string of the molecule is CCCC(C)c1ccc(OCCC[Si](N=C=S)(N=C=S)N=C=S)c(C2CCCCC2)c1. The molecular weight excluding hydrogens is 459 g/mol. The number of ether oxygens (including phenoxy) is 1. The lowest BCUT2D eigenvalue weighted by Crippen LogP contribution is -2.28. The molecule has 0 spiro atoms. The number of benzene rings is 1. The number of hydrogen-bond acceptors (Lipinski definition) is 7. The van der Waals surface area contributed by atoms with Gasteiger partial charge in [0.1, 0.15) is 5.75 Å². The van der Waals surface area contributed by atoms with Crippen LogP contribution in [-0.4, -0.2) is 30.6 Å². The standard InChI is InChI=1S/C23H31N3OS3Si/c1-3-8-19(2)21-11-12-23(22(15-21)20-9-5-4-6-10-20)27-13-7-14-31(24-16-28,25-17-29)26-18-30/h11-12,15,19-20H,3-10,13-14H2,1-2H3. The number of nitrogens with zero attached hydrogens (tertiary/aromatic N) is 3. The van der Waals surface area contributed by atoms with Gasteiger partial charge in [-0.2, -0.15) is 0 Å². The van der Waals surface area contributed by atoms with E-state index in [-0.39, 0.29) is 0 Å². The van der Waals surface area contributed by atoms with Crippen molar-refractivity contribution in [2.45, 2.75) is 83.1 Å². The summed E-state index contributed by atoms with van der Waals surface area (Å²) in [6.45, 7) is 5.11. The van der Waals surface area contributed by atoms with Crippen molar-refractivity contribution in [2.75, 3.05) is 6.61 Å². The molecule has 1 unspecified atom stereocenters. The van der Waals surface area contributed by atoms with Crippen molar-refractivity contribution in [3.8, 4) is 5.75 Å². The third-order valence-electron chi connectivity index (χ3n) is 5.96. The van der Waals surface area contributed by atoms with E-state index >= 15 is 0 Å². The molecule has 2 rings (SSSR count). The molecule has 4 nitrogen and oxygen atoms in total. The van der Waals surface area contributed by atoms with E-state index in [4.69, 9.17) is 41.4 Å². The van der Waals surface area contributed by atoms with E-state index in [9.17, 15) is 0 Å². The van der Waals surface area contributed by atoms with Crippen molar-refractivity contribution < 1.29 is 4.74 Å². The quantitative estimate of drug-likeness (QED) is 0.131. The van der Waals surface area contributed by atoms with Crippen LogP contribution < -0.4 is 4.74 Å². The Kier molecular flexibility index (Phi) is 11.6. The predicted octanol–water partition coefficient (Wildman–Crippen LogP) is 7.65. The molecule has 0 N–H and O–H groups in total. The third kappa shape index (κ3) is 7.92. The highest BCUT2D eigenvalue weighted by Gasteiger charge is 2.34.